The fourth-order valence-corrected chi connectivity index (χ4v) is 2.17. The average molecular weight is 442 g/mol. The number of hydrogen-bond acceptors (Lipinski definition) is 4. The molecule has 0 saturated carbocycles. The number of para-hydroxylation sites is 1. The van der Waals surface area contributed by atoms with Gasteiger partial charge < -0.3 is 20.1 Å². The third kappa shape index (κ3) is 5.55. The SMILES string of the molecule is CN=C(NCc1ccccc1OC)NCc1cccnc1OC.I. The lowest BCUT2D eigenvalue weighted by molar-refractivity contribution is 0.392. The van der Waals surface area contributed by atoms with Gasteiger partial charge in [0.15, 0.2) is 5.96 Å². The minimum absolute atomic E-state index is 0. The van der Waals surface area contributed by atoms with Gasteiger partial charge in [-0.15, -0.1) is 24.0 Å². The van der Waals surface area contributed by atoms with Crippen LogP contribution in [0.5, 0.6) is 11.6 Å². The first-order chi connectivity index (χ1) is 11.3. The second-order valence-corrected chi connectivity index (χ2v) is 4.76. The predicted molar refractivity (Wildman–Crippen MR) is 106 cm³/mol. The lowest BCUT2D eigenvalue weighted by Crippen LogP contribution is -2.36. The quantitative estimate of drug-likeness (QED) is 0.409. The fraction of sp³-hybridized carbons (Fsp3) is 0.294. The van der Waals surface area contributed by atoms with Crippen LogP contribution < -0.4 is 20.1 Å². The largest absolute Gasteiger partial charge is 0.496 e. The van der Waals surface area contributed by atoms with Crippen molar-refractivity contribution in [1.82, 2.24) is 15.6 Å². The highest BCUT2D eigenvalue weighted by molar-refractivity contribution is 14.0. The van der Waals surface area contributed by atoms with Crippen molar-refractivity contribution in [2.24, 2.45) is 4.99 Å². The molecule has 0 unspecified atom stereocenters. The van der Waals surface area contributed by atoms with E-state index in [0.717, 1.165) is 16.9 Å². The van der Waals surface area contributed by atoms with Crippen molar-refractivity contribution in [2.45, 2.75) is 13.1 Å². The Morgan fingerprint density at radius 1 is 1.00 bits per heavy atom. The van der Waals surface area contributed by atoms with Gasteiger partial charge in [-0.25, -0.2) is 4.98 Å². The minimum Gasteiger partial charge on any atom is -0.496 e. The maximum Gasteiger partial charge on any atom is 0.218 e. The molecule has 1 aromatic heterocycles. The molecule has 24 heavy (non-hydrogen) atoms. The zero-order valence-electron chi connectivity index (χ0n) is 14.1. The molecule has 0 amide bonds. The van der Waals surface area contributed by atoms with Gasteiger partial charge in [0.1, 0.15) is 5.75 Å². The van der Waals surface area contributed by atoms with Gasteiger partial charge in [-0.05, 0) is 12.1 Å². The highest BCUT2D eigenvalue weighted by Crippen LogP contribution is 2.16. The summed E-state index contributed by atoms with van der Waals surface area (Å²) >= 11 is 0. The highest BCUT2D eigenvalue weighted by atomic mass is 127. The van der Waals surface area contributed by atoms with Gasteiger partial charge in [0, 0.05) is 37.5 Å². The van der Waals surface area contributed by atoms with E-state index in [1.165, 1.54) is 0 Å². The average Bonchev–Trinajstić information content (AvgIpc) is 2.62. The molecule has 2 N–H and O–H groups in total. The molecule has 0 saturated heterocycles. The first kappa shape index (κ1) is 20.0. The van der Waals surface area contributed by atoms with Crippen LogP contribution in [0.3, 0.4) is 0 Å². The van der Waals surface area contributed by atoms with Gasteiger partial charge in [0.25, 0.3) is 0 Å². The number of nitrogens with one attached hydrogen (secondary N) is 2. The number of guanidine groups is 1. The first-order valence-corrected chi connectivity index (χ1v) is 7.32. The molecule has 2 aromatic rings. The van der Waals surface area contributed by atoms with Gasteiger partial charge >= 0.3 is 0 Å². The van der Waals surface area contributed by atoms with Crippen LogP contribution >= 0.6 is 24.0 Å². The van der Waals surface area contributed by atoms with Crippen LogP contribution in [-0.2, 0) is 13.1 Å². The first-order valence-electron chi connectivity index (χ1n) is 7.32. The molecule has 0 bridgehead atoms. The van der Waals surface area contributed by atoms with E-state index in [4.69, 9.17) is 9.47 Å². The van der Waals surface area contributed by atoms with Gasteiger partial charge in [0.05, 0.1) is 14.2 Å². The molecule has 0 aliphatic heterocycles. The number of rotatable bonds is 6. The second kappa shape index (κ2) is 10.7. The van der Waals surface area contributed by atoms with Crippen LogP contribution in [0.4, 0.5) is 0 Å². The summed E-state index contributed by atoms with van der Waals surface area (Å²) in [5, 5.41) is 6.51. The smallest absolute Gasteiger partial charge is 0.218 e. The zero-order valence-corrected chi connectivity index (χ0v) is 16.4. The molecule has 0 spiro atoms. The topological polar surface area (TPSA) is 67.8 Å². The van der Waals surface area contributed by atoms with Gasteiger partial charge in [-0.3, -0.25) is 4.99 Å². The molecule has 1 heterocycles. The van der Waals surface area contributed by atoms with E-state index >= 15 is 0 Å². The Kier molecular flexibility index (Phi) is 8.92. The van der Waals surface area contributed by atoms with E-state index < -0.39 is 0 Å². The molecule has 0 fully saturated rings. The number of hydrogen-bond donors (Lipinski definition) is 2. The predicted octanol–water partition coefficient (Wildman–Crippen LogP) is 2.58. The summed E-state index contributed by atoms with van der Waals surface area (Å²) in [7, 11) is 5.01. The van der Waals surface area contributed by atoms with Crippen molar-refractivity contribution in [2.75, 3.05) is 21.3 Å². The molecule has 0 aliphatic carbocycles. The Labute approximate surface area is 159 Å². The summed E-state index contributed by atoms with van der Waals surface area (Å²) < 4.78 is 10.6. The molecule has 0 aliphatic rings. The summed E-state index contributed by atoms with van der Waals surface area (Å²) in [6.07, 6.45) is 1.71. The van der Waals surface area contributed by atoms with Crippen molar-refractivity contribution in [3.05, 3.63) is 53.7 Å². The van der Waals surface area contributed by atoms with Gasteiger partial charge in [0.2, 0.25) is 5.88 Å². The van der Waals surface area contributed by atoms with Crippen LogP contribution in [-0.4, -0.2) is 32.2 Å². The molecule has 0 atom stereocenters. The van der Waals surface area contributed by atoms with Crippen LogP contribution in [0.15, 0.2) is 47.6 Å². The maximum atomic E-state index is 5.35. The van der Waals surface area contributed by atoms with Gasteiger partial charge in [-0.1, -0.05) is 24.3 Å². The third-order valence-electron chi connectivity index (χ3n) is 3.35. The van der Waals surface area contributed by atoms with E-state index in [0.29, 0.717) is 24.9 Å². The molecule has 7 heteroatoms. The summed E-state index contributed by atoms with van der Waals surface area (Å²) in [6.45, 7) is 1.19. The van der Waals surface area contributed by atoms with E-state index in [1.54, 1.807) is 27.5 Å². The Morgan fingerprint density at radius 2 is 1.67 bits per heavy atom. The van der Waals surface area contributed by atoms with Crippen molar-refractivity contribution >= 4 is 29.9 Å². The van der Waals surface area contributed by atoms with Gasteiger partial charge in [-0.2, -0.15) is 0 Å². The molecule has 2 rings (SSSR count). The summed E-state index contributed by atoms with van der Waals surface area (Å²) in [6, 6.07) is 11.7. The van der Waals surface area contributed by atoms with Crippen LogP contribution in [0.2, 0.25) is 0 Å². The Hall–Kier alpha value is -2.03. The van der Waals surface area contributed by atoms with E-state index in [2.05, 4.69) is 20.6 Å². The van der Waals surface area contributed by atoms with E-state index in [-0.39, 0.29) is 24.0 Å². The summed E-state index contributed by atoms with van der Waals surface area (Å²) in [5.41, 5.74) is 2.03. The number of benzene rings is 1. The number of aliphatic imine (C=N–C) groups is 1. The molecule has 0 radical (unpaired) electrons. The lowest BCUT2D eigenvalue weighted by atomic mass is 10.2. The normalized spacial score (nSPS) is 10.5. The number of halogens is 1. The number of pyridine rings is 1. The minimum atomic E-state index is 0. The van der Waals surface area contributed by atoms with Crippen molar-refractivity contribution in [3.63, 3.8) is 0 Å². The molecular weight excluding hydrogens is 419 g/mol. The third-order valence-corrected chi connectivity index (χ3v) is 3.35. The standard InChI is InChI=1S/C17H22N4O2.HI/c1-18-17(20-11-13-7-4-5-9-15(13)22-2)21-12-14-8-6-10-19-16(14)23-3;/h4-10H,11-12H2,1-3H3,(H2,18,20,21);1H. The maximum absolute atomic E-state index is 5.35. The van der Waals surface area contributed by atoms with E-state index in [1.807, 2.05) is 36.4 Å². The number of aromatic nitrogens is 1. The van der Waals surface area contributed by atoms with Crippen LogP contribution in [0.1, 0.15) is 11.1 Å². The van der Waals surface area contributed by atoms with Crippen molar-refractivity contribution < 1.29 is 9.47 Å². The van der Waals surface area contributed by atoms with Crippen molar-refractivity contribution in [1.29, 1.82) is 0 Å². The highest BCUT2D eigenvalue weighted by Gasteiger charge is 2.06. The van der Waals surface area contributed by atoms with Crippen LogP contribution in [0, 0.1) is 0 Å². The monoisotopic (exact) mass is 442 g/mol. The number of ether oxygens (including phenoxy) is 2. The van der Waals surface area contributed by atoms with Crippen molar-refractivity contribution in [3.8, 4) is 11.6 Å². The number of nitrogens with zero attached hydrogens (tertiary/aromatic N) is 2. The molecule has 130 valence electrons. The fourth-order valence-electron chi connectivity index (χ4n) is 2.17. The molecule has 1 aromatic carbocycles. The van der Waals surface area contributed by atoms with E-state index in [9.17, 15) is 0 Å². The Morgan fingerprint density at radius 3 is 2.33 bits per heavy atom. The summed E-state index contributed by atoms with van der Waals surface area (Å²) in [4.78, 5) is 8.40. The zero-order chi connectivity index (χ0) is 16.5. The Balaban J connectivity index is 0.00000288. The lowest BCUT2D eigenvalue weighted by Gasteiger charge is -2.14. The van der Waals surface area contributed by atoms with Crippen LogP contribution in [0.25, 0.3) is 0 Å². The molecule has 6 nitrogen and oxygen atoms in total. The second-order valence-electron chi connectivity index (χ2n) is 4.76. The number of methoxy groups -OCH3 is 2. The summed E-state index contributed by atoms with van der Waals surface area (Å²) in [5.74, 6) is 2.16. The molecular formula is C17H23IN4O2. The Bertz CT molecular complexity index is 611.